The lowest BCUT2D eigenvalue weighted by Crippen LogP contribution is -2.56. The molecule has 2 aromatic carbocycles. The van der Waals surface area contributed by atoms with Gasteiger partial charge in [0.2, 0.25) is 15.9 Å². The van der Waals surface area contributed by atoms with Crippen LogP contribution in [0.1, 0.15) is 18.9 Å². The molecule has 0 unspecified atom stereocenters. The Morgan fingerprint density at radius 2 is 1.60 bits per heavy atom. The fourth-order valence-corrected chi connectivity index (χ4v) is 4.99. The Morgan fingerprint density at radius 1 is 1.03 bits per heavy atom. The van der Waals surface area contributed by atoms with Gasteiger partial charge in [0.15, 0.2) is 0 Å². The van der Waals surface area contributed by atoms with Crippen molar-refractivity contribution in [1.82, 2.24) is 4.90 Å². The Labute approximate surface area is 177 Å². The summed E-state index contributed by atoms with van der Waals surface area (Å²) in [6.45, 7) is 5.94. The van der Waals surface area contributed by atoms with Gasteiger partial charge in [-0.2, -0.15) is 0 Å². The first kappa shape index (κ1) is 22.1. The van der Waals surface area contributed by atoms with Crippen LogP contribution < -0.4 is 9.21 Å². The molecule has 1 saturated heterocycles. The average molecular weight is 434 g/mol. The fourth-order valence-electron chi connectivity index (χ4n) is 3.78. The van der Waals surface area contributed by atoms with Gasteiger partial charge in [0.05, 0.1) is 11.9 Å². The van der Waals surface area contributed by atoms with Gasteiger partial charge in [0, 0.05) is 31.9 Å². The fraction of sp³-hybridized carbons (Fsp3) is 0.409. The lowest BCUT2D eigenvalue weighted by Gasteiger charge is -2.39. The number of carbonyl (C=O) groups excluding carboxylic acids is 1. The highest BCUT2D eigenvalue weighted by Crippen LogP contribution is 2.25. The SMILES string of the molecule is CC[C@@H](C(=O)N1CCN(c2ccc(F)cc2)CC1)N(c1ccc(C)cc1)S(C)(=O)=O. The van der Waals surface area contributed by atoms with Crippen LogP contribution in [0.4, 0.5) is 15.8 Å². The van der Waals surface area contributed by atoms with E-state index in [0.717, 1.165) is 17.5 Å². The number of carbonyl (C=O) groups is 1. The normalized spacial score (nSPS) is 15.7. The van der Waals surface area contributed by atoms with Gasteiger partial charge in [-0.05, 0) is 49.7 Å². The molecule has 0 saturated carbocycles. The van der Waals surface area contributed by atoms with Crippen molar-refractivity contribution in [3.63, 3.8) is 0 Å². The molecule has 30 heavy (non-hydrogen) atoms. The molecule has 3 rings (SSSR count). The quantitative estimate of drug-likeness (QED) is 0.703. The second kappa shape index (κ2) is 9.04. The second-order valence-electron chi connectivity index (χ2n) is 7.61. The van der Waals surface area contributed by atoms with Crippen LogP contribution in [0.15, 0.2) is 48.5 Å². The van der Waals surface area contributed by atoms with E-state index in [1.165, 1.54) is 16.4 Å². The number of amides is 1. The van der Waals surface area contributed by atoms with Crippen LogP contribution in [0.3, 0.4) is 0 Å². The summed E-state index contributed by atoms with van der Waals surface area (Å²) in [4.78, 5) is 17.1. The summed E-state index contributed by atoms with van der Waals surface area (Å²) in [5, 5.41) is 0. The average Bonchev–Trinajstić information content (AvgIpc) is 2.72. The largest absolute Gasteiger partial charge is 0.368 e. The van der Waals surface area contributed by atoms with Gasteiger partial charge in [0.1, 0.15) is 11.9 Å². The maximum Gasteiger partial charge on any atom is 0.246 e. The van der Waals surface area contributed by atoms with Gasteiger partial charge >= 0.3 is 0 Å². The van der Waals surface area contributed by atoms with Crippen LogP contribution in [0, 0.1) is 12.7 Å². The minimum absolute atomic E-state index is 0.192. The van der Waals surface area contributed by atoms with E-state index < -0.39 is 16.1 Å². The molecule has 0 bridgehead atoms. The molecule has 0 radical (unpaired) electrons. The van der Waals surface area contributed by atoms with Crippen molar-refractivity contribution in [2.75, 3.05) is 41.6 Å². The zero-order chi connectivity index (χ0) is 21.9. The molecule has 0 N–H and O–H groups in total. The van der Waals surface area contributed by atoms with Gasteiger partial charge in [-0.1, -0.05) is 24.6 Å². The van der Waals surface area contributed by atoms with Gasteiger partial charge in [-0.3, -0.25) is 9.10 Å². The first-order valence-corrected chi connectivity index (χ1v) is 11.9. The number of rotatable bonds is 6. The van der Waals surface area contributed by atoms with E-state index in [4.69, 9.17) is 0 Å². The van der Waals surface area contributed by atoms with E-state index in [1.54, 1.807) is 29.2 Å². The van der Waals surface area contributed by atoms with Crippen molar-refractivity contribution < 1.29 is 17.6 Å². The third-order valence-electron chi connectivity index (χ3n) is 5.38. The molecule has 6 nitrogen and oxygen atoms in total. The lowest BCUT2D eigenvalue weighted by atomic mass is 10.1. The Morgan fingerprint density at radius 3 is 2.10 bits per heavy atom. The molecule has 8 heteroatoms. The molecular weight excluding hydrogens is 405 g/mol. The maximum atomic E-state index is 13.3. The van der Waals surface area contributed by atoms with Gasteiger partial charge in [-0.15, -0.1) is 0 Å². The maximum absolute atomic E-state index is 13.3. The van der Waals surface area contributed by atoms with Gasteiger partial charge in [-0.25, -0.2) is 12.8 Å². The van der Waals surface area contributed by atoms with Gasteiger partial charge < -0.3 is 9.80 Å². The number of halogens is 1. The molecule has 162 valence electrons. The van der Waals surface area contributed by atoms with Crippen molar-refractivity contribution >= 4 is 27.3 Å². The third kappa shape index (κ3) is 4.92. The predicted molar refractivity (Wildman–Crippen MR) is 118 cm³/mol. The highest BCUT2D eigenvalue weighted by molar-refractivity contribution is 7.92. The van der Waals surface area contributed by atoms with Crippen molar-refractivity contribution in [2.45, 2.75) is 26.3 Å². The summed E-state index contributed by atoms with van der Waals surface area (Å²) in [6.07, 6.45) is 1.51. The highest BCUT2D eigenvalue weighted by atomic mass is 32.2. The number of benzene rings is 2. The van der Waals surface area contributed by atoms with Crippen molar-refractivity contribution in [1.29, 1.82) is 0 Å². The molecule has 1 heterocycles. The Bertz CT molecular complexity index is 970. The molecule has 2 aromatic rings. The summed E-state index contributed by atoms with van der Waals surface area (Å²) in [7, 11) is -3.64. The van der Waals surface area contributed by atoms with Crippen LogP contribution in [-0.4, -0.2) is 57.7 Å². The van der Waals surface area contributed by atoms with Crippen LogP contribution in [0.2, 0.25) is 0 Å². The number of piperazine rings is 1. The topological polar surface area (TPSA) is 60.9 Å². The Kier molecular flexibility index (Phi) is 6.65. The molecule has 0 aliphatic carbocycles. The predicted octanol–water partition coefficient (Wildman–Crippen LogP) is 3.03. The van der Waals surface area contributed by atoms with Crippen LogP contribution in [-0.2, 0) is 14.8 Å². The number of aryl methyl sites for hydroxylation is 1. The Hall–Kier alpha value is -2.61. The zero-order valence-corrected chi connectivity index (χ0v) is 18.4. The number of anilines is 2. The highest BCUT2D eigenvalue weighted by Gasteiger charge is 2.35. The van der Waals surface area contributed by atoms with Crippen LogP contribution in [0.5, 0.6) is 0 Å². The molecule has 0 spiro atoms. The number of hydrogen-bond donors (Lipinski definition) is 0. The molecule has 1 atom stereocenters. The number of nitrogens with zero attached hydrogens (tertiary/aromatic N) is 3. The second-order valence-corrected chi connectivity index (χ2v) is 9.47. The van der Waals surface area contributed by atoms with Crippen LogP contribution in [0.25, 0.3) is 0 Å². The standard InChI is InChI=1S/C22H28FN3O3S/c1-4-21(26(30(3,28)29)20-9-5-17(2)6-10-20)22(27)25-15-13-24(14-16-25)19-11-7-18(23)8-12-19/h5-12,21H,4,13-16H2,1-3H3/t21-/m0/s1. The van der Waals surface area contributed by atoms with E-state index >= 15 is 0 Å². The van der Waals surface area contributed by atoms with Crippen molar-refractivity contribution in [3.8, 4) is 0 Å². The van der Waals surface area contributed by atoms with E-state index in [9.17, 15) is 17.6 Å². The van der Waals surface area contributed by atoms with Crippen molar-refractivity contribution in [3.05, 3.63) is 59.9 Å². The molecule has 1 amide bonds. The molecular formula is C22H28FN3O3S. The molecule has 1 aliphatic heterocycles. The molecule has 0 aromatic heterocycles. The summed E-state index contributed by atoms with van der Waals surface area (Å²) in [5.41, 5.74) is 2.42. The van der Waals surface area contributed by atoms with E-state index in [2.05, 4.69) is 4.90 Å². The molecule has 1 fully saturated rings. The number of sulfonamides is 1. The zero-order valence-electron chi connectivity index (χ0n) is 17.6. The lowest BCUT2D eigenvalue weighted by molar-refractivity contribution is -0.132. The smallest absolute Gasteiger partial charge is 0.246 e. The summed E-state index contributed by atoms with van der Waals surface area (Å²) in [6, 6.07) is 12.7. The summed E-state index contributed by atoms with van der Waals surface area (Å²) < 4.78 is 39.6. The first-order valence-electron chi connectivity index (χ1n) is 10.1. The van der Waals surface area contributed by atoms with E-state index in [0.29, 0.717) is 38.3 Å². The minimum atomic E-state index is -3.64. The summed E-state index contributed by atoms with van der Waals surface area (Å²) >= 11 is 0. The van der Waals surface area contributed by atoms with E-state index in [1.807, 2.05) is 26.0 Å². The third-order valence-corrected chi connectivity index (χ3v) is 6.56. The summed E-state index contributed by atoms with van der Waals surface area (Å²) in [5.74, 6) is -0.474. The van der Waals surface area contributed by atoms with E-state index in [-0.39, 0.29) is 11.7 Å². The monoisotopic (exact) mass is 433 g/mol. The van der Waals surface area contributed by atoms with Crippen LogP contribution >= 0.6 is 0 Å². The first-order chi connectivity index (χ1) is 14.2. The van der Waals surface area contributed by atoms with Crippen molar-refractivity contribution in [2.24, 2.45) is 0 Å². The number of hydrogen-bond acceptors (Lipinski definition) is 4. The minimum Gasteiger partial charge on any atom is -0.368 e. The molecule has 1 aliphatic rings. The van der Waals surface area contributed by atoms with Gasteiger partial charge in [0.25, 0.3) is 0 Å². The Balaban J connectivity index is 1.76.